The van der Waals surface area contributed by atoms with Crippen molar-refractivity contribution < 1.29 is 9.18 Å². The minimum Gasteiger partial charge on any atom is -0.347 e. The molecule has 0 saturated carbocycles. The van der Waals surface area contributed by atoms with Crippen molar-refractivity contribution in [2.75, 3.05) is 5.32 Å². The number of rotatable bonds is 5. The van der Waals surface area contributed by atoms with Crippen molar-refractivity contribution in [1.29, 1.82) is 0 Å². The number of nitrogens with one attached hydrogen (secondary N) is 2. The van der Waals surface area contributed by atoms with Gasteiger partial charge < -0.3 is 10.6 Å². The Bertz CT molecular complexity index is 788. The monoisotopic (exact) mass is 327 g/mol. The topological polar surface area (TPSA) is 54.0 Å². The smallest absolute Gasteiger partial charge is 0.255 e. The van der Waals surface area contributed by atoms with Crippen LogP contribution >= 0.6 is 11.3 Å². The highest BCUT2D eigenvalue weighted by Crippen LogP contribution is 2.19. The van der Waals surface area contributed by atoms with Crippen LogP contribution in [0.3, 0.4) is 0 Å². The van der Waals surface area contributed by atoms with Crippen LogP contribution in [-0.2, 0) is 6.54 Å². The standard InChI is InChI=1S/C17H14FN3OS/c18-12-5-7-13(8-6-12)21-16-15(4-1-9-19-16)17(22)20-11-14-3-2-10-23-14/h1-10H,11H2,(H,19,21)(H,20,22). The number of hydrogen-bond donors (Lipinski definition) is 2. The molecule has 0 aliphatic carbocycles. The highest BCUT2D eigenvalue weighted by Gasteiger charge is 2.12. The van der Waals surface area contributed by atoms with E-state index >= 15 is 0 Å². The molecule has 3 aromatic rings. The van der Waals surface area contributed by atoms with Crippen LogP contribution in [0.2, 0.25) is 0 Å². The fraction of sp³-hybridized carbons (Fsp3) is 0.0588. The Morgan fingerprint density at radius 1 is 1.13 bits per heavy atom. The number of carbonyl (C=O) groups is 1. The highest BCUT2D eigenvalue weighted by atomic mass is 32.1. The van der Waals surface area contributed by atoms with Crippen molar-refractivity contribution in [3.8, 4) is 0 Å². The molecule has 0 spiro atoms. The van der Waals surface area contributed by atoms with E-state index in [4.69, 9.17) is 0 Å². The second kappa shape index (κ2) is 7.02. The zero-order chi connectivity index (χ0) is 16.1. The molecule has 1 amide bonds. The first kappa shape index (κ1) is 15.2. The number of halogens is 1. The third-order valence-corrected chi connectivity index (χ3v) is 4.04. The summed E-state index contributed by atoms with van der Waals surface area (Å²) < 4.78 is 13.0. The van der Waals surface area contributed by atoms with E-state index in [2.05, 4.69) is 15.6 Å². The predicted molar refractivity (Wildman–Crippen MR) is 89.4 cm³/mol. The highest BCUT2D eigenvalue weighted by molar-refractivity contribution is 7.09. The Kier molecular flexibility index (Phi) is 4.63. The van der Waals surface area contributed by atoms with Gasteiger partial charge in [-0.2, -0.15) is 0 Å². The first-order chi connectivity index (χ1) is 11.2. The minimum atomic E-state index is -0.314. The van der Waals surface area contributed by atoms with Crippen LogP contribution < -0.4 is 10.6 Å². The molecule has 0 saturated heterocycles. The minimum absolute atomic E-state index is 0.212. The zero-order valence-corrected chi connectivity index (χ0v) is 12.9. The van der Waals surface area contributed by atoms with Crippen LogP contribution in [0.5, 0.6) is 0 Å². The third kappa shape index (κ3) is 3.92. The molecule has 1 aromatic carbocycles. The Balaban J connectivity index is 1.74. The number of amides is 1. The molecule has 2 heterocycles. The van der Waals surface area contributed by atoms with E-state index in [1.165, 1.54) is 12.1 Å². The van der Waals surface area contributed by atoms with Gasteiger partial charge in [-0.1, -0.05) is 6.07 Å². The normalized spacial score (nSPS) is 10.3. The fourth-order valence-corrected chi connectivity index (χ4v) is 2.68. The van der Waals surface area contributed by atoms with Gasteiger partial charge >= 0.3 is 0 Å². The van der Waals surface area contributed by atoms with E-state index in [1.807, 2.05) is 17.5 Å². The molecule has 0 aliphatic heterocycles. The summed E-state index contributed by atoms with van der Waals surface area (Å²) in [5, 5.41) is 7.87. The van der Waals surface area contributed by atoms with Crippen molar-refractivity contribution >= 4 is 28.7 Å². The van der Waals surface area contributed by atoms with Gasteiger partial charge in [0, 0.05) is 16.8 Å². The summed E-state index contributed by atoms with van der Waals surface area (Å²) in [5.74, 6) is -0.0932. The number of benzene rings is 1. The summed E-state index contributed by atoms with van der Waals surface area (Å²) >= 11 is 1.59. The summed E-state index contributed by atoms with van der Waals surface area (Å²) in [6, 6.07) is 13.2. The van der Waals surface area contributed by atoms with Crippen molar-refractivity contribution in [2.24, 2.45) is 0 Å². The van der Waals surface area contributed by atoms with Crippen LogP contribution in [0, 0.1) is 5.82 Å². The van der Waals surface area contributed by atoms with Gasteiger partial charge in [-0.3, -0.25) is 4.79 Å². The maximum Gasteiger partial charge on any atom is 0.255 e. The van der Waals surface area contributed by atoms with Gasteiger partial charge in [-0.25, -0.2) is 9.37 Å². The van der Waals surface area contributed by atoms with E-state index in [0.29, 0.717) is 23.6 Å². The average Bonchev–Trinajstić information content (AvgIpc) is 3.09. The number of nitrogens with zero attached hydrogens (tertiary/aromatic N) is 1. The molecule has 116 valence electrons. The molecule has 2 aromatic heterocycles. The lowest BCUT2D eigenvalue weighted by Crippen LogP contribution is -2.23. The largest absolute Gasteiger partial charge is 0.347 e. The first-order valence-corrected chi connectivity index (χ1v) is 7.88. The zero-order valence-electron chi connectivity index (χ0n) is 12.1. The predicted octanol–water partition coefficient (Wildman–Crippen LogP) is 3.96. The van der Waals surface area contributed by atoms with Gasteiger partial charge in [-0.15, -0.1) is 11.3 Å². The first-order valence-electron chi connectivity index (χ1n) is 7.00. The summed E-state index contributed by atoms with van der Waals surface area (Å²) in [7, 11) is 0. The average molecular weight is 327 g/mol. The maximum absolute atomic E-state index is 13.0. The molecular weight excluding hydrogens is 313 g/mol. The molecule has 0 bridgehead atoms. The van der Waals surface area contributed by atoms with Crippen molar-refractivity contribution in [1.82, 2.24) is 10.3 Å². The van der Waals surface area contributed by atoms with Gasteiger partial charge in [-0.05, 0) is 47.8 Å². The van der Waals surface area contributed by atoms with Crippen molar-refractivity contribution in [3.63, 3.8) is 0 Å². The quantitative estimate of drug-likeness (QED) is 0.746. The Hall–Kier alpha value is -2.73. The maximum atomic E-state index is 13.0. The fourth-order valence-electron chi connectivity index (χ4n) is 2.03. The summed E-state index contributed by atoms with van der Waals surface area (Å²) in [5.41, 5.74) is 1.10. The summed E-state index contributed by atoms with van der Waals surface area (Å²) in [6.07, 6.45) is 1.60. The molecule has 4 nitrogen and oxygen atoms in total. The van der Waals surface area contributed by atoms with Crippen LogP contribution in [0.4, 0.5) is 15.9 Å². The van der Waals surface area contributed by atoms with E-state index < -0.39 is 0 Å². The molecule has 0 atom stereocenters. The van der Waals surface area contributed by atoms with Gasteiger partial charge in [0.05, 0.1) is 12.1 Å². The van der Waals surface area contributed by atoms with Gasteiger partial charge in [0.15, 0.2) is 0 Å². The van der Waals surface area contributed by atoms with E-state index in [0.717, 1.165) is 4.88 Å². The number of thiophene rings is 1. The number of carbonyl (C=O) groups excluding carboxylic acids is 1. The molecule has 6 heteroatoms. The Morgan fingerprint density at radius 2 is 1.96 bits per heavy atom. The van der Waals surface area contributed by atoms with Crippen molar-refractivity contribution in [3.05, 3.63) is 76.4 Å². The van der Waals surface area contributed by atoms with Gasteiger partial charge in [0.1, 0.15) is 11.6 Å². The van der Waals surface area contributed by atoms with Crippen LogP contribution in [0.15, 0.2) is 60.1 Å². The van der Waals surface area contributed by atoms with Gasteiger partial charge in [0.2, 0.25) is 0 Å². The lowest BCUT2D eigenvalue weighted by atomic mass is 10.2. The van der Waals surface area contributed by atoms with E-state index in [9.17, 15) is 9.18 Å². The molecular formula is C17H14FN3OS. The Morgan fingerprint density at radius 3 is 2.70 bits per heavy atom. The number of pyridine rings is 1. The van der Waals surface area contributed by atoms with E-state index in [-0.39, 0.29) is 11.7 Å². The second-order valence-corrected chi connectivity index (χ2v) is 5.83. The van der Waals surface area contributed by atoms with E-state index in [1.54, 1.807) is 41.8 Å². The molecule has 0 fully saturated rings. The Labute approximate surface area is 137 Å². The lowest BCUT2D eigenvalue weighted by molar-refractivity contribution is 0.0952. The molecule has 2 N–H and O–H groups in total. The number of hydrogen-bond acceptors (Lipinski definition) is 4. The second-order valence-electron chi connectivity index (χ2n) is 4.79. The molecule has 0 unspecified atom stereocenters. The number of aromatic nitrogens is 1. The summed E-state index contributed by atoms with van der Waals surface area (Å²) in [6.45, 7) is 0.474. The third-order valence-electron chi connectivity index (χ3n) is 3.16. The van der Waals surface area contributed by atoms with Gasteiger partial charge in [0.25, 0.3) is 5.91 Å². The van der Waals surface area contributed by atoms with Crippen LogP contribution in [0.1, 0.15) is 15.2 Å². The molecule has 0 aliphatic rings. The summed E-state index contributed by atoms with van der Waals surface area (Å²) in [4.78, 5) is 17.6. The van der Waals surface area contributed by atoms with Crippen LogP contribution in [0.25, 0.3) is 0 Å². The molecule has 0 radical (unpaired) electrons. The molecule has 23 heavy (non-hydrogen) atoms. The van der Waals surface area contributed by atoms with Crippen LogP contribution in [-0.4, -0.2) is 10.9 Å². The van der Waals surface area contributed by atoms with Crippen molar-refractivity contribution in [2.45, 2.75) is 6.54 Å². The number of anilines is 2. The SMILES string of the molecule is O=C(NCc1cccs1)c1cccnc1Nc1ccc(F)cc1. The molecule has 3 rings (SSSR count). The lowest BCUT2D eigenvalue weighted by Gasteiger charge is -2.11.